The molecule has 2 atom stereocenters. The highest BCUT2D eigenvalue weighted by Crippen LogP contribution is 2.48. The summed E-state index contributed by atoms with van der Waals surface area (Å²) in [5.74, 6) is 0.397. The van der Waals surface area contributed by atoms with Crippen LogP contribution in [0.1, 0.15) is 77.1 Å². The highest BCUT2D eigenvalue weighted by atomic mass is 16.4. The van der Waals surface area contributed by atoms with Gasteiger partial charge in [-0.05, 0) is 35.1 Å². The molecule has 1 aromatic rings. The molecular weight excluding hydrogens is 256 g/mol. The van der Waals surface area contributed by atoms with Gasteiger partial charge in [-0.25, -0.2) is 4.68 Å². The summed E-state index contributed by atoms with van der Waals surface area (Å²) >= 11 is 0. The number of carbonyl (C=O) groups is 1. The van der Waals surface area contributed by atoms with Crippen molar-refractivity contribution >= 4 is 5.97 Å². The van der Waals surface area contributed by atoms with Gasteiger partial charge in [0.25, 0.3) is 0 Å². The van der Waals surface area contributed by atoms with Crippen molar-refractivity contribution in [2.24, 2.45) is 5.41 Å². The van der Waals surface area contributed by atoms with Crippen molar-refractivity contribution < 1.29 is 9.90 Å². The quantitative estimate of drug-likeness (QED) is 0.866. The average molecular weight is 280 g/mol. The van der Waals surface area contributed by atoms with Crippen molar-refractivity contribution in [1.82, 2.24) is 20.2 Å². The molecule has 1 fully saturated rings. The summed E-state index contributed by atoms with van der Waals surface area (Å²) in [6.07, 6.45) is 5.23. The molecule has 0 aliphatic heterocycles. The lowest BCUT2D eigenvalue weighted by molar-refractivity contribution is -0.138. The molecule has 1 N–H and O–H groups in total. The number of aliphatic carboxylic acids is 1. The summed E-state index contributed by atoms with van der Waals surface area (Å²) in [4.78, 5) is 11.1. The zero-order valence-corrected chi connectivity index (χ0v) is 12.5. The SMILES string of the molecule is CCCC(CC(=O)O)n1nnnc1C1CCCC1(C)C. The molecule has 20 heavy (non-hydrogen) atoms. The maximum atomic E-state index is 11.1. The van der Waals surface area contributed by atoms with Crippen LogP contribution in [-0.2, 0) is 4.79 Å². The minimum atomic E-state index is -0.796. The molecule has 0 spiro atoms. The van der Waals surface area contributed by atoms with Gasteiger partial charge in [-0.15, -0.1) is 5.10 Å². The number of carboxylic acids is 1. The number of carboxylic acid groups (broad SMARTS) is 1. The second kappa shape index (κ2) is 5.89. The lowest BCUT2D eigenvalue weighted by atomic mass is 9.81. The first kappa shape index (κ1) is 14.9. The molecular formula is C14H24N4O2. The van der Waals surface area contributed by atoms with Crippen LogP contribution in [0.25, 0.3) is 0 Å². The van der Waals surface area contributed by atoms with Crippen LogP contribution < -0.4 is 0 Å². The molecule has 1 aromatic heterocycles. The van der Waals surface area contributed by atoms with Gasteiger partial charge in [0.05, 0.1) is 12.5 Å². The van der Waals surface area contributed by atoms with E-state index in [4.69, 9.17) is 5.11 Å². The Morgan fingerprint density at radius 2 is 2.30 bits per heavy atom. The Hall–Kier alpha value is -1.46. The first-order chi connectivity index (χ1) is 9.45. The maximum Gasteiger partial charge on any atom is 0.305 e. The Bertz CT molecular complexity index is 469. The van der Waals surface area contributed by atoms with E-state index in [1.54, 1.807) is 4.68 Å². The highest BCUT2D eigenvalue weighted by molar-refractivity contribution is 5.67. The van der Waals surface area contributed by atoms with Crippen molar-refractivity contribution in [2.75, 3.05) is 0 Å². The maximum absolute atomic E-state index is 11.1. The monoisotopic (exact) mass is 280 g/mol. The van der Waals surface area contributed by atoms with Crippen LogP contribution in [0.3, 0.4) is 0 Å². The van der Waals surface area contributed by atoms with Crippen LogP contribution in [-0.4, -0.2) is 31.3 Å². The molecule has 6 nitrogen and oxygen atoms in total. The third-order valence-corrected chi connectivity index (χ3v) is 4.47. The molecule has 1 saturated carbocycles. The first-order valence-electron chi connectivity index (χ1n) is 7.45. The van der Waals surface area contributed by atoms with Crippen LogP contribution in [0, 0.1) is 5.41 Å². The summed E-state index contributed by atoms with van der Waals surface area (Å²) in [7, 11) is 0. The number of aromatic nitrogens is 4. The zero-order valence-electron chi connectivity index (χ0n) is 12.5. The van der Waals surface area contributed by atoms with Crippen molar-refractivity contribution in [3.8, 4) is 0 Å². The summed E-state index contributed by atoms with van der Waals surface area (Å²) in [6.45, 7) is 6.55. The third-order valence-electron chi connectivity index (χ3n) is 4.47. The van der Waals surface area contributed by atoms with E-state index in [0.717, 1.165) is 25.1 Å². The van der Waals surface area contributed by atoms with Gasteiger partial charge in [0.1, 0.15) is 0 Å². The Morgan fingerprint density at radius 1 is 1.55 bits per heavy atom. The number of rotatable bonds is 6. The standard InChI is InChI=1S/C14H24N4O2/c1-4-6-10(9-12(19)20)18-13(15-16-17-18)11-7-5-8-14(11,2)3/h10-11H,4-9H2,1-3H3,(H,19,20). The normalized spacial score (nSPS) is 22.9. The lowest BCUT2D eigenvalue weighted by Gasteiger charge is -2.27. The van der Waals surface area contributed by atoms with E-state index in [2.05, 4.69) is 36.3 Å². The van der Waals surface area contributed by atoms with E-state index < -0.39 is 5.97 Å². The van der Waals surface area contributed by atoms with Gasteiger partial charge >= 0.3 is 5.97 Å². The van der Waals surface area contributed by atoms with Crippen molar-refractivity contribution in [2.45, 2.75) is 71.3 Å². The van der Waals surface area contributed by atoms with Crippen LogP contribution in [0.2, 0.25) is 0 Å². The fraction of sp³-hybridized carbons (Fsp3) is 0.857. The molecule has 6 heteroatoms. The molecule has 1 aliphatic carbocycles. The zero-order chi connectivity index (χ0) is 14.8. The molecule has 0 aromatic carbocycles. The van der Waals surface area contributed by atoms with Gasteiger partial charge < -0.3 is 5.11 Å². The minimum Gasteiger partial charge on any atom is -0.481 e. The first-order valence-corrected chi connectivity index (χ1v) is 7.45. The van der Waals surface area contributed by atoms with Gasteiger partial charge in [-0.2, -0.15) is 0 Å². The van der Waals surface area contributed by atoms with E-state index in [9.17, 15) is 4.79 Å². The molecule has 0 bridgehead atoms. The van der Waals surface area contributed by atoms with Crippen LogP contribution >= 0.6 is 0 Å². The predicted octanol–water partition coefficient (Wildman–Crippen LogP) is 2.78. The molecule has 0 radical (unpaired) electrons. The van der Waals surface area contributed by atoms with E-state index in [1.807, 2.05) is 0 Å². The van der Waals surface area contributed by atoms with Crippen molar-refractivity contribution in [3.05, 3.63) is 5.82 Å². The van der Waals surface area contributed by atoms with Gasteiger partial charge in [0.2, 0.25) is 0 Å². The molecule has 112 valence electrons. The van der Waals surface area contributed by atoms with Gasteiger partial charge in [-0.3, -0.25) is 4.79 Å². The number of tetrazole rings is 1. The van der Waals surface area contributed by atoms with Crippen LogP contribution in [0.15, 0.2) is 0 Å². The Labute approximate surface area is 119 Å². The van der Waals surface area contributed by atoms with Crippen molar-refractivity contribution in [3.63, 3.8) is 0 Å². The smallest absolute Gasteiger partial charge is 0.305 e. The van der Waals surface area contributed by atoms with E-state index in [-0.39, 0.29) is 17.9 Å². The molecule has 2 unspecified atom stereocenters. The summed E-state index contributed by atoms with van der Waals surface area (Å²) in [5, 5.41) is 21.2. The summed E-state index contributed by atoms with van der Waals surface area (Å²) in [6, 6.07) is -0.140. The second-order valence-corrected chi connectivity index (χ2v) is 6.46. The van der Waals surface area contributed by atoms with E-state index in [1.165, 1.54) is 12.8 Å². The lowest BCUT2D eigenvalue weighted by Crippen LogP contribution is -2.24. The topological polar surface area (TPSA) is 80.9 Å². The Balaban J connectivity index is 2.28. The number of nitrogens with zero attached hydrogens (tertiary/aromatic N) is 4. The van der Waals surface area contributed by atoms with Gasteiger partial charge in [0, 0.05) is 5.92 Å². The molecule has 0 amide bonds. The van der Waals surface area contributed by atoms with Crippen LogP contribution in [0.5, 0.6) is 0 Å². The fourth-order valence-corrected chi connectivity index (χ4v) is 3.34. The van der Waals surface area contributed by atoms with E-state index >= 15 is 0 Å². The largest absolute Gasteiger partial charge is 0.481 e. The summed E-state index contributed by atoms with van der Waals surface area (Å²) < 4.78 is 1.77. The Kier molecular flexibility index (Phi) is 4.40. The molecule has 0 saturated heterocycles. The number of hydrogen-bond donors (Lipinski definition) is 1. The minimum absolute atomic E-state index is 0.0824. The molecule has 1 aliphatic rings. The molecule has 2 rings (SSSR count). The van der Waals surface area contributed by atoms with Gasteiger partial charge in [0.15, 0.2) is 5.82 Å². The average Bonchev–Trinajstić information content (AvgIpc) is 2.93. The highest BCUT2D eigenvalue weighted by Gasteiger charge is 2.39. The van der Waals surface area contributed by atoms with Crippen LogP contribution in [0.4, 0.5) is 0 Å². The van der Waals surface area contributed by atoms with E-state index in [0.29, 0.717) is 5.92 Å². The van der Waals surface area contributed by atoms with Crippen molar-refractivity contribution in [1.29, 1.82) is 0 Å². The predicted molar refractivity (Wildman–Crippen MR) is 74.4 cm³/mol. The third kappa shape index (κ3) is 2.99. The summed E-state index contributed by atoms with van der Waals surface area (Å²) in [5.41, 5.74) is 0.187. The Morgan fingerprint density at radius 3 is 2.85 bits per heavy atom. The molecule has 1 heterocycles. The fourth-order valence-electron chi connectivity index (χ4n) is 3.34. The van der Waals surface area contributed by atoms with Gasteiger partial charge in [-0.1, -0.05) is 33.6 Å². The second-order valence-electron chi connectivity index (χ2n) is 6.46. The number of hydrogen-bond acceptors (Lipinski definition) is 4.